The lowest BCUT2D eigenvalue weighted by atomic mass is 10.1. The summed E-state index contributed by atoms with van der Waals surface area (Å²) in [7, 11) is 0. The van der Waals surface area contributed by atoms with Crippen LogP contribution in [-0.4, -0.2) is 41.2 Å². The van der Waals surface area contributed by atoms with E-state index in [4.69, 9.17) is 14.0 Å². The van der Waals surface area contributed by atoms with Gasteiger partial charge < -0.3 is 19.1 Å². The molecule has 0 spiro atoms. The van der Waals surface area contributed by atoms with Crippen molar-refractivity contribution >= 4 is 0 Å². The minimum absolute atomic E-state index is 0.0585. The van der Waals surface area contributed by atoms with Gasteiger partial charge in [0.1, 0.15) is 19.0 Å². The molecule has 0 radical (unpaired) electrons. The number of aromatic nitrogens is 2. The molecule has 0 aliphatic heterocycles. The molecule has 1 aromatic heterocycles. The van der Waals surface area contributed by atoms with Crippen LogP contribution < -0.4 is 4.74 Å². The predicted molar refractivity (Wildman–Crippen MR) is 108 cm³/mol. The van der Waals surface area contributed by atoms with Crippen molar-refractivity contribution in [3.05, 3.63) is 53.6 Å². The van der Waals surface area contributed by atoms with Crippen LogP contribution in [0.2, 0.25) is 0 Å². The van der Waals surface area contributed by atoms with Gasteiger partial charge >= 0.3 is 6.18 Å². The van der Waals surface area contributed by atoms with Crippen molar-refractivity contribution in [3.8, 4) is 28.6 Å². The van der Waals surface area contributed by atoms with Gasteiger partial charge in [0.25, 0.3) is 5.89 Å². The second-order valence-corrected chi connectivity index (χ2v) is 6.94. The summed E-state index contributed by atoms with van der Waals surface area (Å²) in [5.74, 6) is -0.355. The molecule has 0 bridgehead atoms. The highest BCUT2D eigenvalue weighted by Crippen LogP contribution is 2.38. The van der Waals surface area contributed by atoms with E-state index in [9.17, 15) is 22.7 Å². The third-order valence-electron chi connectivity index (χ3n) is 4.56. The van der Waals surface area contributed by atoms with Crippen LogP contribution in [0.1, 0.15) is 24.5 Å². The number of nitrogens with zero attached hydrogens (tertiary/aromatic N) is 2. The molecular weight excluding hydrogens is 431 g/mol. The van der Waals surface area contributed by atoms with Gasteiger partial charge in [0.2, 0.25) is 5.82 Å². The summed E-state index contributed by atoms with van der Waals surface area (Å²) in [6.07, 6.45) is -4.60. The van der Waals surface area contributed by atoms with Crippen LogP contribution in [0, 0.1) is 0 Å². The molecule has 0 fully saturated rings. The molecule has 1 unspecified atom stereocenters. The average molecular weight is 453 g/mol. The molecule has 3 rings (SSSR count). The highest BCUT2D eigenvalue weighted by atomic mass is 19.4. The van der Waals surface area contributed by atoms with E-state index >= 15 is 0 Å². The van der Waals surface area contributed by atoms with E-state index in [2.05, 4.69) is 10.1 Å². The molecule has 0 saturated heterocycles. The molecule has 0 aliphatic carbocycles. The van der Waals surface area contributed by atoms with Crippen molar-refractivity contribution in [2.75, 3.05) is 19.9 Å². The maximum Gasteiger partial charge on any atom is 0.419 e. The lowest BCUT2D eigenvalue weighted by molar-refractivity contribution is -0.138. The van der Waals surface area contributed by atoms with Gasteiger partial charge in [0.05, 0.1) is 24.9 Å². The Labute approximate surface area is 181 Å². The van der Waals surface area contributed by atoms with Crippen molar-refractivity contribution in [1.29, 1.82) is 0 Å². The second-order valence-electron chi connectivity index (χ2n) is 6.94. The topological polar surface area (TPSA) is 77.6 Å². The number of benzene rings is 2. The number of alkyl halides is 4. The smallest absolute Gasteiger partial charge is 0.419 e. The number of hydrogen-bond donors (Lipinski definition) is 1. The van der Waals surface area contributed by atoms with E-state index < -0.39 is 36.9 Å². The molecule has 0 saturated carbocycles. The zero-order valence-electron chi connectivity index (χ0n) is 17.2. The summed E-state index contributed by atoms with van der Waals surface area (Å²) < 4.78 is 67.8. The fourth-order valence-corrected chi connectivity index (χ4v) is 2.80. The van der Waals surface area contributed by atoms with Crippen molar-refractivity contribution in [2.24, 2.45) is 0 Å². The molecule has 3 aromatic rings. The molecular formula is C22H22F4N2O4. The zero-order valence-corrected chi connectivity index (χ0v) is 17.2. The summed E-state index contributed by atoms with van der Waals surface area (Å²) in [5, 5.41) is 13.3. The molecule has 6 nitrogen and oxygen atoms in total. The number of aliphatic hydroxyl groups is 1. The Morgan fingerprint density at radius 1 is 1.09 bits per heavy atom. The van der Waals surface area contributed by atoms with Gasteiger partial charge in [-0.2, -0.15) is 18.2 Å². The van der Waals surface area contributed by atoms with Gasteiger partial charge in [0, 0.05) is 11.1 Å². The maximum atomic E-state index is 13.4. The van der Waals surface area contributed by atoms with Gasteiger partial charge in [-0.3, -0.25) is 0 Å². The molecule has 2 aromatic carbocycles. The van der Waals surface area contributed by atoms with E-state index in [0.29, 0.717) is 18.6 Å². The van der Waals surface area contributed by atoms with Crippen LogP contribution in [0.3, 0.4) is 0 Å². The maximum absolute atomic E-state index is 13.4. The van der Waals surface area contributed by atoms with Crippen molar-refractivity contribution in [1.82, 2.24) is 10.1 Å². The molecule has 1 heterocycles. The molecule has 10 heteroatoms. The number of aliphatic hydroxyl groups excluding tert-OH is 1. The zero-order chi connectivity index (χ0) is 23.1. The summed E-state index contributed by atoms with van der Waals surface area (Å²) in [6, 6.07) is 10.3. The SMILES string of the molecule is CCC(O)COCc1ccc(-c2noc(-c3ccc(OCC[18F])c(C(F)(F)F)c3)n2)cc1. The number of ether oxygens (including phenoxy) is 2. The van der Waals surface area contributed by atoms with Gasteiger partial charge in [-0.05, 0) is 30.2 Å². The van der Waals surface area contributed by atoms with E-state index in [0.717, 1.165) is 17.7 Å². The van der Waals surface area contributed by atoms with Crippen LogP contribution in [-0.2, 0) is 17.5 Å². The minimum atomic E-state index is -4.70. The molecule has 1 N–H and O–H groups in total. The monoisotopic (exact) mass is 453 g/mol. The highest BCUT2D eigenvalue weighted by Gasteiger charge is 2.35. The highest BCUT2D eigenvalue weighted by molar-refractivity contribution is 5.62. The first-order valence-electron chi connectivity index (χ1n) is 9.91. The average Bonchev–Trinajstić information content (AvgIpc) is 3.27. The summed E-state index contributed by atoms with van der Waals surface area (Å²) in [4.78, 5) is 4.18. The summed E-state index contributed by atoms with van der Waals surface area (Å²) >= 11 is 0. The minimum Gasteiger partial charge on any atom is -0.490 e. The van der Waals surface area contributed by atoms with Crippen LogP contribution in [0.15, 0.2) is 47.0 Å². The Morgan fingerprint density at radius 2 is 1.81 bits per heavy atom. The lowest BCUT2D eigenvalue weighted by Gasteiger charge is -2.13. The molecule has 1 atom stereocenters. The van der Waals surface area contributed by atoms with Gasteiger partial charge in [-0.1, -0.05) is 36.3 Å². The van der Waals surface area contributed by atoms with Gasteiger partial charge in [-0.15, -0.1) is 0 Å². The van der Waals surface area contributed by atoms with Crippen LogP contribution in [0.5, 0.6) is 5.75 Å². The molecule has 0 aliphatic rings. The Hall–Kier alpha value is -2.98. The normalized spacial score (nSPS) is 12.7. The first-order chi connectivity index (χ1) is 15.3. The van der Waals surface area contributed by atoms with Crippen LogP contribution in [0.25, 0.3) is 22.8 Å². The number of rotatable bonds is 10. The number of hydrogen-bond acceptors (Lipinski definition) is 6. The van der Waals surface area contributed by atoms with E-state index in [1.807, 2.05) is 6.92 Å². The predicted octanol–water partition coefficient (Wildman–Crippen LogP) is 5.06. The third-order valence-corrected chi connectivity index (χ3v) is 4.56. The van der Waals surface area contributed by atoms with Gasteiger partial charge in [-0.25, -0.2) is 4.39 Å². The largest absolute Gasteiger partial charge is 0.490 e. The van der Waals surface area contributed by atoms with Crippen molar-refractivity contribution < 1.29 is 36.7 Å². The third kappa shape index (κ3) is 6.04. The second kappa shape index (κ2) is 10.6. The molecule has 32 heavy (non-hydrogen) atoms. The first-order valence-corrected chi connectivity index (χ1v) is 9.91. The fraction of sp³-hybridized carbons (Fsp3) is 0.364. The summed E-state index contributed by atoms with van der Waals surface area (Å²) in [5.41, 5.74) is 0.486. The Balaban J connectivity index is 1.75. The van der Waals surface area contributed by atoms with Gasteiger partial charge in [0.15, 0.2) is 0 Å². The Bertz CT molecular complexity index is 1010. The molecule has 0 amide bonds. The Kier molecular flexibility index (Phi) is 7.81. The standard InChI is InChI=1S/C22H22F4N2O4/c1-2-17(29)13-30-12-14-3-5-15(6-4-14)20-27-21(32-28-20)16-7-8-19(31-10-9-23)18(11-16)22(24,25)26/h3-8,11,17,29H,2,9-10,12-13H2,1H3/i23-1. The van der Waals surface area contributed by atoms with Crippen LogP contribution >= 0.6 is 0 Å². The lowest BCUT2D eigenvalue weighted by Crippen LogP contribution is -2.13. The van der Waals surface area contributed by atoms with E-state index in [1.54, 1.807) is 24.3 Å². The Morgan fingerprint density at radius 3 is 2.47 bits per heavy atom. The summed E-state index contributed by atoms with van der Waals surface area (Å²) in [6.45, 7) is 1.04. The quantitative estimate of drug-likeness (QED) is 0.433. The molecule has 172 valence electrons. The fourth-order valence-electron chi connectivity index (χ4n) is 2.80. The number of halogens is 4. The first kappa shape index (κ1) is 23.7. The van der Waals surface area contributed by atoms with Crippen molar-refractivity contribution in [2.45, 2.75) is 32.2 Å². The van der Waals surface area contributed by atoms with Crippen molar-refractivity contribution in [3.63, 3.8) is 0 Å². The van der Waals surface area contributed by atoms with E-state index in [1.165, 1.54) is 6.07 Å². The van der Waals surface area contributed by atoms with E-state index in [-0.39, 0.29) is 23.9 Å². The van der Waals surface area contributed by atoms with Crippen LogP contribution in [0.4, 0.5) is 17.6 Å².